The number of ether oxygens (including phenoxy) is 1. The van der Waals surface area contributed by atoms with Gasteiger partial charge in [0.05, 0.1) is 0 Å². The van der Waals surface area contributed by atoms with Gasteiger partial charge >= 0.3 is 0 Å². The maximum absolute atomic E-state index is 5.71. The van der Waals surface area contributed by atoms with Gasteiger partial charge in [0.1, 0.15) is 11.5 Å². The maximum Gasteiger partial charge on any atom is 0.127 e. The van der Waals surface area contributed by atoms with E-state index in [1.165, 1.54) is 5.56 Å². The maximum atomic E-state index is 5.71. The zero-order chi connectivity index (χ0) is 12.5. The topological polar surface area (TPSA) is 9.23 Å². The minimum Gasteiger partial charge on any atom is -0.457 e. The molecule has 0 aliphatic carbocycles. The Hall–Kier alpha value is -2.02. The Labute approximate surface area is 103 Å². The molecule has 0 heterocycles. The Morgan fingerprint density at radius 1 is 1.18 bits per heavy atom. The summed E-state index contributed by atoms with van der Waals surface area (Å²) in [6, 6.07) is 8.07. The number of benzene rings is 1. The van der Waals surface area contributed by atoms with Crippen molar-refractivity contribution in [2.75, 3.05) is 0 Å². The molecule has 0 radical (unpaired) electrons. The van der Waals surface area contributed by atoms with Gasteiger partial charge in [0, 0.05) is 0 Å². The lowest BCUT2D eigenvalue weighted by Crippen LogP contribution is -1.92. The molecule has 0 unspecified atom stereocenters. The van der Waals surface area contributed by atoms with Gasteiger partial charge in [-0.15, -0.1) is 0 Å². The van der Waals surface area contributed by atoms with Gasteiger partial charge in [-0.1, -0.05) is 50.4 Å². The largest absolute Gasteiger partial charge is 0.457 e. The van der Waals surface area contributed by atoms with Gasteiger partial charge in [-0.3, -0.25) is 0 Å². The fourth-order valence-corrected chi connectivity index (χ4v) is 1.33. The van der Waals surface area contributed by atoms with Crippen LogP contribution >= 0.6 is 0 Å². The number of aryl methyl sites for hydroxylation is 1. The molecule has 0 atom stereocenters. The molecular weight excluding hydrogens is 208 g/mol. The molecule has 0 aliphatic heterocycles. The van der Waals surface area contributed by atoms with Gasteiger partial charge in [-0.05, 0) is 36.3 Å². The van der Waals surface area contributed by atoms with Crippen LogP contribution in [0.25, 0.3) is 0 Å². The molecule has 17 heavy (non-hydrogen) atoms. The smallest absolute Gasteiger partial charge is 0.127 e. The van der Waals surface area contributed by atoms with Crippen molar-refractivity contribution in [3.8, 4) is 5.75 Å². The van der Waals surface area contributed by atoms with E-state index in [0.29, 0.717) is 0 Å². The van der Waals surface area contributed by atoms with Crippen LogP contribution in [0.2, 0.25) is 0 Å². The van der Waals surface area contributed by atoms with Crippen LogP contribution in [0, 0.1) is 0 Å². The Kier molecular flexibility index (Phi) is 5.59. The van der Waals surface area contributed by atoms with Crippen LogP contribution in [-0.4, -0.2) is 0 Å². The first-order chi connectivity index (χ1) is 8.30. The molecule has 1 rings (SSSR count). The van der Waals surface area contributed by atoms with Crippen molar-refractivity contribution in [1.29, 1.82) is 0 Å². The van der Waals surface area contributed by atoms with Gasteiger partial charge in [-0.25, -0.2) is 0 Å². The highest BCUT2D eigenvalue weighted by molar-refractivity contribution is 5.31. The van der Waals surface area contributed by atoms with Gasteiger partial charge in [0.25, 0.3) is 0 Å². The Bertz CT molecular complexity index is 421. The number of allylic oxidation sites excluding steroid dienone is 5. The zero-order valence-corrected chi connectivity index (χ0v) is 10.2. The predicted octanol–water partition coefficient (Wildman–Crippen LogP) is 4.44. The van der Waals surface area contributed by atoms with Crippen LogP contribution in [0.15, 0.2) is 73.6 Å². The summed E-state index contributed by atoms with van der Waals surface area (Å²) in [5.41, 5.74) is 1.30. The lowest BCUT2D eigenvalue weighted by molar-refractivity contribution is 0.444. The Morgan fingerprint density at radius 3 is 2.41 bits per heavy atom. The van der Waals surface area contributed by atoms with Crippen molar-refractivity contribution in [1.82, 2.24) is 0 Å². The average Bonchev–Trinajstić information content (AvgIpc) is 2.37. The summed E-state index contributed by atoms with van der Waals surface area (Å²) in [6.07, 6.45) is 9.93. The molecule has 0 fully saturated rings. The summed E-state index contributed by atoms with van der Waals surface area (Å²) < 4.78 is 5.71. The summed E-state index contributed by atoms with van der Waals surface area (Å²) in [5.74, 6) is 1.56. The van der Waals surface area contributed by atoms with E-state index < -0.39 is 0 Å². The molecule has 0 saturated carbocycles. The van der Waals surface area contributed by atoms with E-state index in [4.69, 9.17) is 4.74 Å². The van der Waals surface area contributed by atoms with E-state index in [9.17, 15) is 0 Å². The summed E-state index contributed by atoms with van der Waals surface area (Å²) in [5, 5.41) is 0. The lowest BCUT2D eigenvalue weighted by atomic mass is 10.2. The Balaban J connectivity index is 2.78. The van der Waals surface area contributed by atoms with E-state index in [1.54, 1.807) is 12.2 Å². The molecule has 88 valence electrons. The predicted molar refractivity (Wildman–Crippen MR) is 74.1 cm³/mol. The third-order valence-electron chi connectivity index (χ3n) is 2.25. The first-order valence-electron chi connectivity index (χ1n) is 5.68. The second-order valence-corrected chi connectivity index (χ2v) is 3.50. The van der Waals surface area contributed by atoms with Crippen molar-refractivity contribution in [2.45, 2.75) is 13.3 Å². The standard InChI is InChI=1S/C16H18O/c1-4-7-9-15(8-5-2)17-16-12-10-14(6-3)11-13-16/h4-5,7-13H,1-2,6H2,3H3/b9-7-,15-8+. The zero-order valence-electron chi connectivity index (χ0n) is 10.2. The van der Waals surface area contributed by atoms with Crippen LogP contribution in [0.5, 0.6) is 5.75 Å². The first-order valence-corrected chi connectivity index (χ1v) is 5.68. The third kappa shape index (κ3) is 4.56. The Morgan fingerprint density at radius 2 is 1.88 bits per heavy atom. The summed E-state index contributed by atoms with van der Waals surface area (Å²) >= 11 is 0. The fourth-order valence-electron chi connectivity index (χ4n) is 1.33. The highest BCUT2D eigenvalue weighted by Gasteiger charge is 1.96. The van der Waals surface area contributed by atoms with Crippen LogP contribution in [0.4, 0.5) is 0 Å². The van der Waals surface area contributed by atoms with Crippen molar-refractivity contribution >= 4 is 0 Å². The highest BCUT2D eigenvalue weighted by Crippen LogP contribution is 2.16. The molecule has 0 spiro atoms. The number of hydrogen-bond donors (Lipinski definition) is 0. The van der Waals surface area contributed by atoms with E-state index >= 15 is 0 Å². The first kappa shape index (κ1) is 13.0. The van der Waals surface area contributed by atoms with Crippen LogP contribution < -0.4 is 4.74 Å². The minimum atomic E-state index is 0.740. The van der Waals surface area contributed by atoms with Crippen molar-refractivity contribution in [3.63, 3.8) is 0 Å². The molecule has 0 aromatic heterocycles. The SMILES string of the molecule is C=C/C=C\C(=C/C=C)Oc1ccc(CC)cc1. The molecule has 1 nitrogen and oxygen atoms in total. The van der Waals surface area contributed by atoms with E-state index in [-0.39, 0.29) is 0 Å². The fraction of sp³-hybridized carbons (Fsp3) is 0.125. The minimum absolute atomic E-state index is 0.740. The molecular formula is C16H18O. The molecule has 0 saturated heterocycles. The summed E-state index contributed by atoms with van der Waals surface area (Å²) in [4.78, 5) is 0. The normalized spacial score (nSPS) is 11.5. The molecule has 1 aromatic carbocycles. The highest BCUT2D eigenvalue weighted by atomic mass is 16.5. The monoisotopic (exact) mass is 226 g/mol. The van der Waals surface area contributed by atoms with Gasteiger partial charge in [0.2, 0.25) is 0 Å². The van der Waals surface area contributed by atoms with E-state index in [1.807, 2.05) is 30.4 Å². The number of rotatable bonds is 6. The van der Waals surface area contributed by atoms with E-state index in [2.05, 4.69) is 32.2 Å². The molecule has 0 N–H and O–H groups in total. The van der Waals surface area contributed by atoms with Crippen molar-refractivity contribution in [3.05, 3.63) is 79.1 Å². The van der Waals surface area contributed by atoms with Crippen molar-refractivity contribution in [2.24, 2.45) is 0 Å². The van der Waals surface area contributed by atoms with Gasteiger partial charge in [0.15, 0.2) is 0 Å². The van der Waals surface area contributed by atoms with Gasteiger partial charge in [-0.2, -0.15) is 0 Å². The van der Waals surface area contributed by atoms with Crippen LogP contribution in [-0.2, 0) is 6.42 Å². The van der Waals surface area contributed by atoms with Crippen molar-refractivity contribution < 1.29 is 4.74 Å². The van der Waals surface area contributed by atoms with E-state index in [0.717, 1.165) is 17.9 Å². The second kappa shape index (κ2) is 7.29. The summed E-state index contributed by atoms with van der Waals surface area (Å²) in [7, 11) is 0. The lowest BCUT2D eigenvalue weighted by Gasteiger charge is -2.06. The van der Waals surface area contributed by atoms with Crippen LogP contribution in [0.1, 0.15) is 12.5 Å². The average molecular weight is 226 g/mol. The molecule has 1 heteroatoms. The molecule has 0 bridgehead atoms. The second-order valence-electron chi connectivity index (χ2n) is 3.50. The third-order valence-corrected chi connectivity index (χ3v) is 2.25. The quantitative estimate of drug-likeness (QED) is 0.514. The molecule has 0 aliphatic rings. The molecule has 0 amide bonds. The van der Waals surface area contributed by atoms with Gasteiger partial charge < -0.3 is 4.74 Å². The molecule has 1 aromatic rings. The summed E-state index contributed by atoms with van der Waals surface area (Å²) in [6.45, 7) is 9.42. The van der Waals surface area contributed by atoms with Crippen LogP contribution in [0.3, 0.4) is 0 Å². The number of hydrogen-bond acceptors (Lipinski definition) is 1.